The molecule has 1 aliphatic rings. The van der Waals surface area contributed by atoms with E-state index in [1.54, 1.807) is 0 Å². The second kappa shape index (κ2) is 3.97. The van der Waals surface area contributed by atoms with Gasteiger partial charge in [-0.1, -0.05) is 23.8 Å². The number of aryl methyl sites for hydroxylation is 2. The number of nitrogens with one attached hydrogen (secondary N) is 1. The Hall–Kier alpha value is -0.820. The molecule has 0 aliphatic heterocycles. The molecule has 0 aromatic heterocycles. The van der Waals surface area contributed by atoms with E-state index in [0.29, 0.717) is 5.41 Å². The molecule has 0 amide bonds. The van der Waals surface area contributed by atoms with Crippen LogP contribution in [0.25, 0.3) is 0 Å². The van der Waals surface area contributed by atoms with Crippen molar-refractivity contribution in [1.82, 2.24) is 5.32 Å². The lowest BCUT2D eigenvalue weighted by atomic mass is 9.93. The van der Waals surface area contributed by atoms with Crippen LogP contribution in [0.15, 0.2) is 18.2 Å². The molecule has 15 heavy (non-hydrogen) atoms. The van der Waals surface area contributed by atoms with Crippen LogP contribution in [0.5, 0.6) is 0 Å². The topological polar surface area (TPSA) is 12.0 Å². The van der Waals surface area contributed by atoms with E-state index >= 15 is 0 Å². The van der Waals surface area contributed by atoms with E-state index in [-0.39, 0.29) is 0 Å². The zero-order valence-electron chi connectivity index (χ0n) is 10.1. The zero-order valence-corrected chi connectivity index (χ0v) is 10.1. The molecule has 2 rings (SSSR count). The molecule has 1 N–H and O–H groups in total. The third kappa shape index (κ3) is 2.40. The summed E-state index contributed by atoms with van der Waals surface area (Å²) in [4.78, 5) is 0. The second-order valence-corrected chi connectivity index (χ2v) is 5.14. The summed E-state index contributed by atoms with van der Waals surface area (Å²) in [6.07, 6.45) is 4.03. The molecule has 1 heteroatoms. The summed E-state index contributed by atoms with van der Waals surface area (Å²) >= 11 is 0. The van der Waals surface area contributed by atoms with Gasteiger partial charge in [0, 0.05) is 6.54 Å². The fraction of sp³-hybridized carbons (Fsp3) is 0.571. The monoisotopic (exact) mass is 203 g/mol. The highest BCUT2D eigenvalue weighted by Crippen LogP contribution is 2.48. The molecule has 0 unspecified atom stereocenters. The Kier molecular flexibility index (Phi) is 2.83. The molecular weight excluding hydrogens is 182 g/mol. The van der Waals surface area contributed by atoms with Gasteiger partial charge in [-0.3, -0.25) is 0 Å². The number of hydrogen-bond donors (Lipinski definition) is 1. The van der Waals surface area contributed by atoms with E-state index < -0.39 is 0 Å². The highest BCUT2D eigenvalue weighted by molar-refractivity contribution is 5.32. The molecule has 1 aromatic carbocycles. The predicted octanol–water partition coefficient (Wildman–Crippen LogP) is 2.85. The van der Waals surface area contributed by atoms with Crippen molar-refractivity contribution < 1.29 is 0 Å². The van der Waals surface area contributed by atoms with Crippen LogP contribution in [-0.4, -0.2) is 13.6 Å². The lowest BCUT2D eigenvalue weighted by Crippen LogP contribution is -2.22. The molecule has 0 bridgehead atoms. The lowest BCUT2D eigenvalue weighted by Gasteiger charge is -2.16. The predicted molar refractivity (Wildman–Crippen MR) is 65.2 cm³/mol. The Labute approximate surface area is 92.9 Å². The van der Waals surface area contributed by atoms with Gasteiger partial charge in [-0.15, -0.1) is 0 Å². The third-order valence-corrected chi connectivity index (χ3v) is 3.57. The maximum absolute atomic E-state index is 3.32. The minimum absolute atomic E-state index is 0.578. The molecule has 0 saturated heterocycles. The Morgan fingerprint density at radius 1 is 1.27 bits per heavy atom. The molecule has 82 valence electrons. The highest BCUT2D eigenvalue weighted by Gasteiger charge is 2.41. The Morgan fingerprint density at radius 3 is 2.53 bits per heavy atom. The van der Waals surface area contributed by atoms with Crippen molar-refractivity contribution in [2.45, 2.75) is 33.1 Å². The quantitative estimate of drug-likeness (QED) is 0.793. The molecule has 1 aliphatic carbocycles. The minimum Gasteiger partial charge on any atom is -0.319 e. The standard InChI is InChI=1S/C14H21N/c1-11-4-5-13(12(2)8-11)9-14(6-7-14)10-15-3/h4-5,8,15H,6-7,9-10H2,1-3H3. The van der Waals surface area contributed by atoms with E-state index in [9.17, 15) is 0 Å². The minimum atomic E-state index is 0.578. The Bertz CT molecular complexity index is 350. The molecule has 1 aromatic rings. The maximum atomic E-state index is 3.32. The summed E-state index contributed by atoms with van der Waals surface area (Å²) in [5.74, 6) is 0. The molecule has 0 atom stereocenters. The molecule has 1 fully saturated rings. The first-order chi connectivity index (χ1) is 7.15. The van der Waals surface area contributed by atoms with Crippen LogP contribution in [0.4, 0.5) is 0 Å². The third-order valence-electron chi connectivity index (χ3n) is 3.57. The molecule has 0 radical (unpaired) electrons. The van der Waals surface area contributed by atoms with Crippen molar-refractivity contribution in [3.63, 3.8) is 0 Å². The van der Waals surface area contributed by atoms with Gasteiger partial charge in [0.1, 0.15) is 0 Å². The first-order valence-corrected chi connectivity index (χ1v) is 5.86. The fourth-order valence-corrected chi connectivity index (χ4v) is 2.42. The smallest absolute Gasteiger partial charge is 0.000800 e. The number of hydrogen-bond acceptors (Lipinski definition) is 1. The van der Waals surface area contributed by atoms with Crippen molar-refractivity contribution in [2.75, 3.05) is 13.6 Å². The lowest BCUT2D eigenvalue weighted by molar-refractivity contribution is 0.477. The van der Waals surface area contributed by atoms with Gasteiger partial charge in [-0.05, 0) is 56.7 Å². The van der Waals surface area contributed by atoms with Gasteiger partial charge in [-0.2, -0.15) is 0 Å². The number of benzene rings is 1. The van der Waals surface area contributed by atoms with Crippen LogP contribution in [0, 0.1) is 19.3 Å². The SMILES string of the molecule is CNCC1(Cc2ccc(C)cc2C)CC1. The molecule has 0 spiro atoms. The molecule has 0 heterocycles. The molecule has 1 saturated carbocycles. The van der Waals surface area contributed by atoms with Gasteiger partial charge in [0.25, 0.3) is 0 Å². The van der Waals surface area contributed by atoms with Gasteiger partial charge in [-0.25, -0.2) is 0 Å². The largest absolute Gasteiger partial charge is 0.319 e. The zero-order chi connectivity index (χ0) is 10.9. The summed E-state index contributed by atoms with van der Waals surface area (Å²) < 4.78 is 0. The Morgan fingerprint density at radius 2 is 2.00 bits per heavy atom. The van der Waals surface area contributed by atoms with Crippen molar-refractivity contribution in [3.05, 3.63) is 34.9 Å². The van der Waals surface area contributed by atoms with Gasteiger partial charge in [0.05, 0.1) is 0 Å². The van der Waals surface area contributed by atoms with Crippen LogP contribution in [-0.2, 0) is 6.42 Å². The van der Waals surface area contributed by atoms with Gasteiger partial charge < -0.3 is 5.32 Å². The van der Waals surface area contributed by atoms with Crippen molar-refractivity contribution in [2.24, 2.45) is 5.41 Å². The van der Waals surface area contributed by atoms with E-state index in [1.165, 1.54) is 42.5 Å². The second-order valence-electron chi connectivity index (χ2n) is 5.14. The van der Waals surface area contributed by atoms with Gasteiger partial charge in [0.2, 0.25) is 0 Å². The van der Waals surface area contributed by atoms with Crippen LogP contribution in [0.2, 0.25) is 0 Å². The van der Waals surface area contributed by atoms with Crippen LogP contribution in [0.1, 0.15) is 29.5 Å². The highest BCUT2D eigenvalue weighted by atomic mass is 14.8. The van der Waals surface area contributed by atoms with Gasteiger partial charge >= 0.3 is 0 Å². The van der Waals surface area contributed by atoms with Crippen LogP contribution < -0.4 is 5.32 Å². The molecule has 1 nitrogen and oxygen atoms in total. The summed E-state index contributed by atoms with van der Waals surface area (Å²) in [6.45, 7) is 5.56. The summed E-state index contributed by atoms with van der Waals surface area (Å²) in [6, 6.07) is 6.84. The fourth-order valence-electron chi connectivity index (χ4n) is 2.42. The number of rotatable bonds is 4. The van der Waals surface area contributed by atoms with E-state index in [4.69, 9.17) is 0 Å². The van der Waals surface area contributed by atoms with Crippen LogP contribution >= 0.6 is 0 Å². The first-order valence-electron chi connectivity index (χ1n) is 5.86. The van der Waals surface area contributed by atoms with E-state index in [2.05, 4.69) is 44.4 Å². The average molecular weight is 203 g/mol. The molecular formula is C14H21N. The van der Waals surface area contributed by atoms with E-state index in [1.807, 2.05) is 0 Å². The summed E-state index contributed by atoms with van der Waals surface area (Å²) in [5.41, 5.74) is 4.94. The summed E-state index contributed by atoms with van der Waals surface area (Å²) in [5, 5.41) is 3.32. The van der Waals surface area contributed by atoms with Crippen molar-refractivity contribution in [3.8, 4) is 0 Å². The van der Waals surface area contributed by atoms with Crippen LogP contribution in [0.3, 0.4) is 0 Å². The maximum Gasteiger partial charge on any atom is 0.000800 e. The Balaban J connectivity index is 2.11. The van der Waals surface area contributed by atoms with E-state index in [0.717, 1.165) is 0 Å². The van der Waals surface area contributed by atoms with Gasteiger partial charge in [0.15, 0.2) is 0 Å². The first kappa shape index (κ1) is 10.7. The normalized spacial score (nSPS) is 17.8. The van der Waals surface area contributed by atoms with Crippen molar-refractivity contribution in [1.29, 1.82) is 0 Å². The average Bonchev–Trinajstić information content (AvgIpc) is 2.91. The summed E-state index contributed by atoms with van der Waals surface area (Å²) in [7, 11) is 2.06. The van der Waals surface area contributed by atoms with Crippen molar-refractivity contribution >= 4 is 0 Å².